The second-order valence-electron chi connectivity index (χ2n) is 6.65. The predicted molar refractivity (Wildman–Crippen MR) is 103 cm³/mol. The Morgan fingerprint density at radius 2 is 1.24 bits per heavy atom. The first-order valence-electron chi connectivity index (χ1n) is 8.30. The molecule has 2 unspecified atom stereocenters. The number of rotatable bonds is 3. The average Bonchev–Trinajstić information content (AvgIpc) is 3.17. The van der Waals surface area contributed by atoms with E-state index in [2.05, 4.69) is 91.6 Å². The Kier molecular flexibility index (Phi) is 7.19. The van der Waals surface area contributed by atoms with Gasteiger partial charge in [0.05, 0.1) is 0 Å². The van der Waals surface area contributed by atoms with E-state index in [4.69, 9.17) is 0 Å². The second-order valence-corrected chi connectivity index (χ2v) is 9.10. The molecule has 2 aliphatic carbocycles. The van der Waals surface area contributed by atoms with Gasteiger partial charge in [-0.1, -0.05) is 84.9 Å². The van der Waals surface area contributed by atoms with Gasteiger partial charge in [-0.3, -0.25) is 0 Å². The van der Waals surface area contributed by atoms with Crippen LogP contribution in [0.4, 0.5) is 0 Å². The number of benzene rings is 2. The first kappa shape index (κ1) is 20.6. The minimum absolute atomic E-state index is 0. The van der Waals surface area contributed by atoms with Crippen LogP contribution in [0, 0.1) is 5.92 Å². The van der Waals surface area contributed by atoms with E-state index in [1.165, 1.54) is 22.3 Å². The third kappa shape index (κ3) is 3.99. The van der Waals surface area contributed by atoms with Crippen LogP contribution in [0.2, 0.25) is 13.1 Å². The van der Waals surface area contributed by atoms with Crippen molar-refractivity contribution in [2.24, 2.45) is 0 Å². The van der Waals surface area contributed by atoms with Crippen molar-refractivity contribution in [3.8, 4) is 0 Å². The summed E-state index contributed by atoms with van der Waals surface area (Å²) < 4.78 is 0. The summed E-state index contributed by atoms with van der Waals surface area (Å²) in [6.07, 6.45) is 9.35. The largest absolute Gasteiger partial charge is 2.00 e. The fourth-order valence-electron chi connectivity index (χ4n) is 3.79. The van der Waals surface area contributed by atoms with E-state index in [1.807, 2.05) is 0 Å². The minimum atomic E-state index is -0.440. The maximum atomic E-state index is 2.57. The molecule has 2 aromatic rings. The molecule has 2 aliphatic rings. The monoisotopic (exact) mass is 482 g/mol. The van der Waals surface area contributed by atoms with E-state index >= 15 is 0 Å². The first-order chi connectivity index (χ1) is 11.2. The summed E-state index contributed by atoms with van der Waals surface area (Å²) >= 11 is 0. The molecule has 0 fully saturated rings. The van der Waals surface area contributed by atoms with Crippen LogP contribution in [0.1, 0.15) is 34.1 Å². The summed E-state index contributed by atoms with van der Waals surface area (Å²) in [6.45, 7) is 4.75. The number of hydrogen-bond donors (Lipinski definition) is 0. The zero-order chi connectivity index (χ0) is 15.8. The van der Waals surface area contributed by atoms with Crippen LogP contribution in [0.15, 0.2) is 60.7 Å². The van der Waals surface area contributed by atoms with Crippen molar-refractivity contribution in [3.63, 3.8) is 0 Å². The fourth-order valence-corrected chi connectivity index (χ4v) is 4.81. The van der Waals surface area contributed by atoms with Crippen LogP contribution in [-0.2, 0) is 26.2 Å². The SMILES string of the molecule is C[Si](C)=C[C-](C1C=Cc2ccccc21)C1C=Cc2ccccc21.[Br-].[Zr+2]. The van der Waals surface area contributed by atoms with Crippen molar-refractivity contribution in [2.75, 3.05) is 0 Å². The smallest absolute Gasteiger partial charge is 1.00 e. The van der Waals surface area contributed by atoms with Gasteiger partial charge in [0.1, 0.15) is 0 Å². The first-order valence-corrected chi connectivity index (χ1v) is 10.9. The van der Waals surface area contributed by atoms with Crippen LogP contribution in [0.25, 0.3) is 12.2 Å². The molecule has 2 atom stereocenters. The van der Waals surface area contributed by atoms with Gasteiger partial charge in [-0.2, -0.15) is 0 Å². The third-order valence-corrected chi connectivity index (χ3v) is 5.68. The summed E-state index contributed by atoms with van der Waals surface area (Å²) in [5.74, 6) is 2.41. The maximum Gasteiger partial charge on any atom is 2.00 e. The molecule has 0 saturated heterocycles. The normalized spacial score (nSPS) is 18.6. The number of hydrogen-bond acceptors (Lipinski definition) is 0. The Morgan fingerprint density at radius 3 is 1.68 bits per heavy atom. The molecule has 0 saturated carbocycles. The molecular formula is C22H21BrSiZr. The molecule has 0 aromatic heterocycles. The van der Waals surface area contributed by atoms with E-state index in [-0.39, 0.29) is 43.2 Å². The van der Waals surface area contributed by atoms with E-state index < -0.39 is 8.41 Å². The standard InChI is InChI=1S/C22H21Si.BrH.Zr/c1-23(2)15-22(20-13-11-16-7-3-5-9-18(16)20)21-14-12-17-8-4-6-10-19(17)21;;/h3-15,20-21H,1-2H3;1H;/q-1;;+2/p-1. The van der Waals surface area contributed by atoms with E-state index in [0.717, 1.165) is 0 Å². The molecule has 4 rings (SSSR count). The molecule has 2 aromatic carbocycles. The van der Waals surface area contributed by atoms with E-state index in [1.54, 1.807) is 5.92 Å². The maximum absolute atomic E-state index is 2.57. The summed E-state index contributed by atoms with van der Waals surface area (Å²) in [4.78, 5) is 0. The molecule has 0 heterocycles. The zero-order valence-electron chi connectivity index (χ0n) is 14.5. The molecule has 0 nitrogen and oxygen atoms in total. The molecule has 0 amide bonds. The summed E-state index contributed by atoms with van der Waals surface area (Å²) in [7, 11) is -0.440. The molecule has 25 heavy (non-hydrogen) atoms. The van der Waals surface area contributed by atoms with Gasteiger partial charge in [0.15, 0.2) is 0 Å². The molecule has 3 heteroatoms. The fraction of sp³-hybridized carbons (Fsp3) is 0.182. The van der Waals surface area contributed by atoms with Crippen LogP contribution >= 0.6 is 0 Å². The van der Waals surface area contributed by atoms with E-state index in [9.17, 15) is 0 Å². The Balaban J connectivity index is 0.00000113. The molecule has 0 aliphatic heterocycles. The Bertz CT molecular complexity index is 772. The number of halogens is 1. The van der Waals surface area contributed by atoms with Crippen molar-refractivity contribution in [1.29, 1.82) is 0 Å². The van der Waals surface area contributed by atoms with Gasteiger partial charge in [0.2, 0.25) is 0 Å². The van der Waals surface area contributed by atoms with Crippen molar-refractivity contribution >= 4 is 26.2 Å². The molecule has 124 valence electrons. The second kappa shape index (κ2) is 8.75. The van der Waals surface area contributed by atoms with Crippen LogP contribution in [0.3, 0.4) is 0 Å². The summed E-state index contributed by atoms with van der Waals surface area (Å²) in [6, 6.07) is 17.6. The van der Waals surface area contributed by atoms with Gasteiger partial charge in [-0.05, 0) is 19.5 Å². The third-order valence-electron chi connectivity index (χ3n) is 4.77. The summed E-state index contributed by atoms with van der Waals surface area (Å²) in [5, 5.41) is 0. The van der Waals surface area contributed by atoms with Crippen molar-refractivity contribution in [1.82, 2.24) is 0 Å². The zero-order valence-corrected chi connectivity index (χ0v) is 19.6. The van der Waals surface area contributed by atoms with Crippen molar-refractivity contribution in [2.45, 2.75) is 24.9 Å². The van der Waals surface area contributed by atoms with Crippen LogP contribution in [-0.4, -0.2) is 14.1 Å². The van der Waals surface area contributed by atoms with Gasteiger partial charge in [-0.15, -0.1) is 24.0 Å². The Labute approximate surface area is 182 Å². The van der Waals surface area contributed by atoms with Gasteiger partial charge in [0.25, 0.3) is 0 Å². The number of allylic oxidation sites excluding steroid dienone is 2. The van der Waals surface area contributed by atoms with Gasteiger partial charge in [-0.25, -0.2) is 5.67 Å². The van der Waals surface area contributed by atoms with Crippen molar-refractivity contribution in [3.05, 3.63) is 88.9 Å². The van der Waals surface area contributed by atoms with E-state index in [0.29, 0.717) is 11.8 Å². The average molecular weight is 485 g/mol. The van der Waals surface area contributed by atoms with Crippen LogP contribution in [0.5, 0.6) is 0 Å². The topological polar surface area (TPSA) is 0 Å². The van der Waals surface area contributed by atoms with Gasteiger partial charge >= 0.3 is 26.2 Å². The molecule has 0 N–H and O–H groups in total. The Hall–Kier alpha value is -0.760. The molecule has 0 radical (unpaired) electrons. The van der Waals surface area contributed by atoms with Gasteiger partial charge in [0, 0.05) is 0 Å². The number of fused-ring (bicyclic) bond motifs is 2. The molecular weight excluding hydrogens is 463 g/mol. The van der Waals surface area contributed by atoms with Crippen LogP contribution < -0.4 is 17.0 Å². The van der Waals surface area contributed by atoms with Crippen molar-refractivity contribution < 1.29 is 43.2 Å². The minimum Gasteiger partial charge on any atom is -1.00 e. The summed E-state index contributed by atoms with van der Waals surface area (Å²) in [5.41, 5.74) is 8.23. The Morgan fingerprint density at radius 1 is 0.800 bits per heavy atom. The quantitative estimate of drug-likeness (QED) is 0.464. The predicted octanol–water partition coefficient (Wildman–Crippen LogP) is 2.32. The molecule has 0 spiro atoms. The van der Waals surface area contributed by atoms with Gasteiger partial charge < -0.3 is 22.9 Å². The molecule has 0 bridgehead atoms.